The van der Waals surface area contributed by atoms with Gasteiger partial charge in [-0.25, -0.2) is 9.59 Å². The van der Waals surface area contributed by atoms with Crippen LogP contribution in [0.25, 0.3) is 0 Å². The van der Waals surface area contributed by atoms with Crippen molar-refractivity contribution in [1.29, 1.82) is 0 Å². The SMILES string of the molecule is C=CCOC(=O)N(Cc1ccccc1)C1(C(=O)O)CCOCC1. The van der Waals surface area contributed by atoms with Crippen molar-refractivity contribution in [3.63, 3.8) is 0 Å². The molecule has 6 heteroatoms. The fourth-order valence-electron chi connectivity index (χ4n) is 2.67. The number of ether oxygens (including phenoxy) is 2. The van der Waals surface area contributed by atoms with Gasteiger partial charge in [-0.05, 0) is 5.56 Å². The van der Waals surface area contributed by atoms with Crippen molar-refractivity contribution in [2.45, 2.75) is 24.9 Å². The van der Waals surface area contributed by atoms with E-state index < -0.39 is 17.6 Å². The molecule has 1 N–H and O–H groups in total. The second-order valence-corrected chi connectivity index (χ2v) is 5.39. The summed E-state index contributed by atoms with van der Waals surface area (Å²) in [6.07, 6.45) is 1.27. The second kappa shape index (κ2) is 7.78. The van der Waals surface area contributed by atoms with Gasteiger partial charge in [0.1, 0.15) is 12.1 Å². The summed E-state index contributed by atoms with van der Waals surface area (Å²) < 4.78 is 10.4. The molecule has 0 bridgehead atoms. The minimum absolute atomic E-state index is 0.0380. The van der Waals surface area contributed by atoms with E-state index >= 15 is 0 Å². The van der Waals surface area contributed by atoms with Gasteiger partial charge in [-0.15, -0.1) is 0 Å². The van der Waals surface area contributed by atoms with Crippen LogP contribution in [-0.2, 0) is 20.8 Å². The first kappa shape index (κ1) is 17.0. The van der Waals surface area contributed by atoms with Gasteiger partial charge >= 0.3 is 12.1 Å². The van der Waals surface area contributed by atoms with Gasteiger partial charge in [-0.2, -0.15) is 0 Å². The van der Waals surface area contributed by atoms with E-state index in [2.05, 4.69) is 6.58 Å². The Balaban J connectivity index is 2.31. The molecule has 0 aromatic heterocycles. The number of aliphatic carboxylic acids is 1. The second-order valence-electron chi connectivity index (χ2n) is 5.39. The smallest absolute Gasteiger partial charge is 0.411 e. The number of carbonyl (C=O) groups excluding carboxylic acids is 1. The van der Waals surface area contributed by atoms with Gasteiger partial charge in [-0.3, -0.25) is 4.90 Å². The first-order valence-corrected chi connectivity index (χ1v) is 7.50. The third-order valence-corrected chi connectivity index (χ3v) is 3.96. The summed E-state index contributed by atoms with van der Waals surface area (Å²) in [5.41, 5.74) is -0.470. The molecule has 1 aliphatic heterocycles. The van der Waals surface area contributed by atoms with Crippen molar-refractivity contribution < 1.29 is 24.2 Å². The highest BCUT2D eigenvalue weighted by atomic mass is 16.6. The summed E-state index contributed by atoms with van der Waals surface area (Å²) in [6, 6.07) is 9.26. The maximum absolute atomic E-state index is 12.5. The van der Waals surface area contributed by atoms with E-state index in [4.69, 9.17) is 9.47 Å². The van der Waals surface area contributed by atoms with Crippen LogP contribution in [0.5, 0.6) is 0 Å². The molecule has 1 saturated heterocycles. The van der Waals surface area contributed by atoms with Gasteiger partial charge in [0, 0.05) is 26.1 Å². The number of amides is 1. The number of nitrogens with zero attached hydrogens (tertiary/aromatic N) is 1. The van der Waals surface area contributed by atoms with Gasteiger partial charge in [-0.1, -0.05) is 43.0 Å². The fraction of sp³-hybridized carbons (Fsp3) is 0.412. The Kier molecular flexibility index (Phi) is 5.76. The molecule has 1 fully saturated rings. The summed E-state index contributed by atoms with van der Waals surface area (Å²) in [4.78, 5) is 25.7. The number of benzene rings is 1. The minimum atomic E-state index is -1.31. The van der Waals surface area contributed by atoms with E-state index in [9.17, 15) is 14.7 Å². The Labute approximate surface area is 135 Å². The number of carboxylic acids is 1. The molecule has 1 aliphatic rings. The predicted molar refractivity (Wildman–Crippen MR) is 83.9 cm³/mol. The van der Waals surface area contributed by atoms with E-state index in [1.54, 1.807) is 0 Å². The maximum atomic E-state index is 12.5. The van der Waals surface area contributed by atoms with Crippen LogP contribution in [0.1, 0.15) is 18.4 Å². The Morgan fingerprint density at radius 3 is 2.52 bits per heavy atom. The summed E-state index contributed by atoms with van der Waals surface area (Å²) in [6.45, 7) is 4.31. The molecule has 0 unspecified atom stereocenters. The fourth-order valence-corrected chi connectivity index (χ4v) is 2.67. The van der Waals surface area contributed by atoms with Crippen molar-refractivity contribution in [3.05, 3.63) is 48.6 Å². The zero-order valence-electron chi connectivity index (χ0n) is 12.9. The molecule has 1 amide bonds. The molecular formula is C17H21NO5. The Hall–Kier alpha value is -2.34. The van der Waals surface area contributed by atoms with Gasteiger partial charge in [0.05, 0.1) is 6.54 Å². The number of hydrogen-bond donors (Lipinski definition) is 1. The van der Waals surface area contributed by atoms with E-state index in [1.807, 2.05) is 30.3 Å². The Morgan fingerprint density at radius 2 is 1.96 bits per heavy atom. The lowest BCUT2D eigenvalue weighted by atomic mass is 9.88. The van der Waals surface area contributed by atoms with Crippen molar-refractivity contribution in [3.8, 4) is 0 Å². The lowest BCUT2D eigenvalue weighted by Crippen LogP contribution is -2.59. The lowest BCUT2D eigenvalue weighted by molar-refractivity contribution is -0.157. The molecule has 1 heterocycles. The van der Waals surface area contributed by atoms with Crippen molar-refractivity contribution in [1.82, 2.24) is 4.90 Å². The van der Waals surface area contributed by atoms with E-state index in [-0.39, 0.29) is 26.0 Å². The molecule has 23 heavy (non-hydrogen) atoms. The monoisotopic (exact) mass is 319 g/mol. The van der Waals surface area contributed by atoms with Crippen molar-refractivity contribution in [2.75, 3.05) is 19.8 Å². The number of carbonyl (C=O) groups is 2. The molecule has 0 saturated carbocycles. The highest BCUT2D eigenvalue weighted by Crippen LogP contribution is 2.31. The van der Waals surface area contributed by atoms with Crippen LogP contribution >= 0.6 is 0 Å². The molecule has 124 valence electrons. The molecule has 0 spiro atoms. The first-order valence-electron chi connectivity index (χ1n) is 7.50. The van der Waals surface area contributed by atoms with E-state index in [0.717, 1.165) is 5.56 Å². The zero-order valence-corrected chi connectivity index (χ0v) is 12.9. The average Bonchev–Trinajstić information content (AvgIpc) is 2.59. The topological polar surface area (TPSA) is 76.1 Å². The van der Waals surface area contributed by atoms with Gasteiger partial charge in [0.25, 0.3) is 0 Å². The summed E-state index contributed by atoms with van der Waals surface area (Å²) in [5.74, 6) is -1.03. The van der Waals surface area contributed by atoms with E-state index in [1.165, 1.54) is 11.0 Å². The van der Waals surface area contributed by atoms with Crippen molar-refractivity contribution >= 4 is 12.1 Å². The molecule has 0 aliphatic carbocycles. The molecule has 1 aromatic carbocycles. The van der Waals surface area contributed by atoms with Crippen molar-refractivity contribution in [2.24, 2.45) is 0 Å². The summed E-state index contributed by atoms with van der Waals surface area (Å²) in [5, 5.41) is 9.79. The Bertz CT molecular complexity index is 551. The maximum Gasteiger partial charge on any atom is 0.411 e. The quantitative estimate of drug-likeness (QED) is 0.815. The lowest BCUT2D eigenvalue weighted by Gasteiger charge is -2.42. The highest BCUT2D eigenvalue weighted by Gasteiger charge is 2.48. The van der Waals surface area contributed by atoms with Crippen LogP contribution in [-0.4, -0.2) is 47.4 Å². The molecule has 1 aromatic rings. The van der Waals surface area contributed by atoms with Crippen LogP contribution in [0.3, 0.4) is 0 Å². The Morgan fingerprint density at radius 1 is 1.30 bits per heavy atom. The third-order valence-electron chi connectivity index (χ3n) is 3.96. The van der Waals surface area contributed by atoms with Crippen LogP contribution in [0.4, 0.5) is 4.79 Å². The molecular weight excluding hydrogens is 298 g/mol. The molecule has 0 radical (unpaired) electrons. The standard InChI is InChI=1S/C17H21NO5/c1-2-10-23-16(21)18(13-14-6-4-3-5-7-14)17(15(19)20)8-11-22-12-9-17/h2-7H,1,8-13H2,(H,19,20). The number of hydrogen-bond acceptors (Lipinski definition) is 4. The average molecular weight is 319 g/mol. The van der Waals surface area contributed by atoms with Crippen LogP contribution in [0, 0.1) is 0 Å². The predicted octanol–water partition coefficient (Wildman–Crippen LogP) is 2.45. The van der Waals surface area contributed by atoms with E-state index in [0.29, 0.717) is 13.2 Å². The molecule has 0 atom stereocenters. The first-order chi connectivity index (χ1) is 11.1. The van der Waals surface area contributed by atoms with Crippen LogP contribution in [0.15, 0.2) is 43.0 Å². The largest absolute Gasteiger partial charge is 0.479 e. The van der Waals surface area contributed by atoms with Gasteiger partial charge in [0.15, 0.2) is 0 Å². The molecule has 2 rings (SSSR count). The number of rotatable bonds is 6. The van der Waals surface area contributed by atoms with Crippen LogP contribution in [0.2, 0.25) is 0 Å². The third kappa shape index (κ3) is 3.90. The zero-order chi connectivity index (χ0) is 16.7. The highest BCUT2D eigenvalue weighted by molar-refractivity contribution is 5.84. The minimum Gasteiger partial charge on any atom is -0.479 e. The molecule has 6 nitrogen and oxygen atoms in total. The summed E-state index contributed by atoms with van der Waals surface area (Å²) in [7, 11) is 0. The van der Waals surface area contributed by atoms with Crippen LogP contribution < -0.4 is 0 Å². The number of carboxylic acid groups (broad SMARTS) is 1. The normalized spacial score (nSPS) is 16.3. The van der Waals surface area contributed by atoms with Gasteiger partial charge in [0.2, 0.25) is 0 Å². The summed E-state index contributed by atoms with van der Waals surface area (Å²) >= 11 is 0. The van der Waals surface area contributed by atoms with Gasteiger partial charge < -0.3 is 14.6 Å².